The highest BCUT2D eigenvalue weighted by atomic mass is 79.9. The zero-order chi connectivity index (χ0) is 20.0. The van der Waals surface area contributed by atoms with Crippen LogP contribution in [-0.4, -0.2) is 18.7 Å². The first kappa shape index (κ1) is 21.0. The minimum atomic E-state index is -4.53. The number of hydrogen-bond donors (Lipinski definition) is 1. The molecule has 0 bridgehead atoms. The molecule has 0 saturated heterocycles. The lowest BCUT2D eigenvalue weighted by atomic mass is 10.1. The molecule has 9 heteroatoms. The third kappa shape index (κ3) is 5.84. The van der Waals surface area contributed by atoms with Gasteiger partial charge >= 0.3 is 6.18 Å². The van der Waals surface area contributed by atoms with Crippen LogP contribution in [0.15, 0.2) is 50.4 Å². The fraction of sp³-hybridized carbons (Fsp3) is 0.111. The van der Waals surface area contributed by atoms with Crippen LogP contribution in [0.25, 0.3) is 0 Å². The first-order valence-electron chi connectivity index (χ1n) is 7.28. The number of alkyl halides is 3. The van der Waals surface area contributed by atoms with Gasteiger partial charge in [-0.2, -0.15) is 18.3 Å². The van der Waals surface area contributed by atoms with Gasteiger partial charge in [-0.05, 0) is 67.8 Å². The maximum atomic E-state index is 12.7. The molecule has 2 rings (SSSR count). The Morgan fingerprint density at radius 1 is 1.26 bits per heavy atom. The van der Waals surface area contributed by atoms with E-state index in [0.29, 0.717) is 20.3 Å². The quantitative estimate of drug-likeness (QED) is 0.354. The van der Waals surface area contributed by atoms with Gasteiger partial charge in [0.25, 0.3) is 5.91 Å². The van der Waals surface area contributed by atoms with Gasteiger partial charge in [0.1, 0.15) is 12.4 Å². The van der Waals surface area contributed by atoms with Crippen molar-refractivity contribution in [1.82, 2.24) is 5.43 Å². The van der Waals surface area contributed by atoms with Crippen LogP contribution in [0, 0.1) is 12.3 Å². The van der Waals surface area contributed by atoms with Crippen molar-refractivity contribution in [2.75, 3.05) is 6.61 Å². The molecule has 140 valence electrons. The number of halogens is 5. The fourth-order valence-corrected chi connectivity index (χ4v) is 3.42. The standard InChI is InChI=1S/C18H11Br2F3N2O2/c1-2-6-27-16-14(19)7-11(8-15(16)20)10-24-25-17(26)12-4-3-5-13(9-12)18(21,22)23/h1,3-5,7-10H,6H2,(H,25,26)/b24-10-. The van der Waals surface area contributed by atoms with Crippen LogP contribution < -0.4 is 10.2 Å². The Labute approximate surface area is 170 Å². The van der Waals surface area contributed by atoms with Crippen molar-refractivity contribution in [2.45, 2.75) is 6.18 Å². The third-order valence-corrected chi connectivity index (χ3v) is 4.33. The molecule has 1 amide bonds. The van der Waals surface area contributed by atoms with Crippen molar-refractivity contribution < 1.29 is 22.7 Å². The van der Waals surface area contributed by atoms with Crippen molar-refractivity contribution in [3.63, 3.8) is 0 Å². The van der Waals surface area contributed by atoms with Crippen LogP contribution in [0.2, 0.25) is 0 Å². The lowest BCUT2D eigenvalue weighted by molar-refractivity contribution is -0.137. The largest absolute Gasteiger partial charge is 0.479 e. The number of hydrogen-bond acceptors (Lipinski definition) is 3. The number of rotatable bonds is 5. The zero-order valence-corrected chi connectivity index (χ0v) is 16.7. The average molecular weight is 504 g/mol. The van der Waals surface area contributed by atoms with Gasteiger partial charge < -0.3 is 4.74 Å². The minimum Gasteiger partial charge on any atom is -0.479 e. The molecular weight excluding hydrogens is 493 g/mol. The van der Waals surface area contributed by atoms with Gasteiger partial charge in [0.15, 0.2) is 0 Å². The molecule has 0 spiro atoms. The van der Waals surface area contributed by atoms with E-state index >= 15 is 0 Å². The zero-order valence-electron chi connectivity index (χ0n) is 13.5. The number of benzene rings is 2. The predicted octanol–water partition coefficient (Wildman–Crippen LogP) is 5.01. The van der Waals surface area contributed by atoms with Crippen LogP contribution in [0.4, 0.5) is 13.2 Å². The highest BCUT2D eigenvalue weighted by Gasteiger charge is 2.30. The van der Waals surface area contributed by atoms with Gasteiger partial charge in [-0.25, -0.2) is 5.43 Å². The molecule has 2 aromatic rings. The van der Waals surface area contributed by atoms with E-state index in [-0.39, 0.29) is 12.2 Å². The summed E-state index contributed by atoms with van der Waals surface area (Å²) in [6, 6.07) is 7.43. The molecule has 0 aromatic heterocycles. The molecule has 0 fully saturated rings. The Balaban J connectivity index is 2.09. The second-order valence-corrected chi connectivity index (χ2v) is 6.79. The molecule has 4 nitrogen and oxygen atoms in total. The summed E-state index contributed by atoms with van der Waals surface area (Å²) in [7, 11) is 0. The molecule has 0 aliphatic rings. The summed E-state index contributed by atoms with van der Waals surface area (Å²) >= 11 is 6.67. The number of hydrazone groups is 1. The SMILES string of the molecule is C#CCOc1c(Br)cc(/C=N\NC(=O)c2cccc(C(F)(F)F)c2)cc1Br. The Bertz CT molecular complexity index is 899. The number of ether oxygens (including phenoxy) is 1. The second-order valence-electron chi connectivity index (χ2n) is 5.08. The summed E-state index contributed by atoms with van der Waals surface area (Å²) in [4.78, 5) is 12.0. The fourth-order valence-electron chi connectivity index (χ4n) is 1.97. The van der Waals surface area contributed by atoms with Gasteiger partial charge in [-0.1, -0.05) is 12.0 Å². The van der Waals surface area contributed by atoms with E-state index in [1.54, 1.807) is 12.1 Å². The van der Waals surface area contributed by atoms with Crippen LogP contribution in [-0.2, 0) is 6.18 Å². The molecule has 27 heavy (non-hydrogen) atoms. The van der Waals surface area contributed by atoms with Crippen molar-refractivity contribution in [2.24, 2.45) is 5.10 Å². The second kappa shape index (κ2) is 9.06. The highest BCUT2D eigenvalue weighted by molar-refractivity contribution is 9.11. The summed E-state index contributed by atoms with van der Waals surface area (Å²) in [5.41, 5.74) is 1.73. The number of terminal acetylenes is 1. The van der Waals surface area contributed by atoms with Crippen molar-refractivity contribution in [3.8, 4) is 18.1 Å². The van der Waals surface area contributed by atoms with Crippen LogP contribution >= 0.6 is 31.9 Å². The number of carbonyl (C=O) groups excluding carboxylic acids is 1. The Morgan fingerprint density at radius 3 is 2.52 bits per heavy atom. The number of carbonyl (C=O) groups is 1. The highest BCUT2D eigenvalue weighted by Crippen LogP contribution is 2.34. The molecule has 0 atom stereocenters. The maximum absolute atomic E-state index is 12.7. The van der Waals surface area contributed by atoms with E-state index in [2.05, 4.69) is 48.3 Å². The van der Waals surface area contributed by atoms with E-state index in [1.807, 2.05) is 0 Å². The maximum Gasteiger partial charge on any atom is 0.416 e. The molecule has 0 unspecified atom stereocenters. The average Bonchev–Trinajstić information content (AvgIpc) is 2.60. The van der Waals surface area contributed by atoms with Gasteiger partial charge in [-0.3, -0.25) is 4.79 Å². The first-order valence-corrected chi connectivity index (χ1v) is 8.87. The Morgan fingerprint density at radius 2 is 1.93 bits per heavy atom. The van der Waals surface area contributed by atoms with Crippen molar-refractivity contribution in [3.05, 3.63) is 62.0 Å². The smallest absolute Gasteiger partial charge is 0.416 e. The van der Waals surface area contributed by atoms with Crippen LogP contribution in [0.5, 0.6) is 5.75 Å². The molecule has 0 saturated carbocycles. The topological polar surface area (TPSA) is 50.7 Å². The summed E-state index contributed by atoms with van der Waals surface area (Å²) in [6.07, 6.45) is 1.96. The van der Waals surface area contributed by atoms with Crippen LogP contribution in [0.3, 0.4) is 0 Å². The van der Waals surface area contributed by atoms with E-state index in [9.17, 15) is 18.0 Å². The van der Waals surface area contributed by atoms with Gasteiger partial charge in [0, 0.05) is 5.56 Å². The summed E-state index contributed by atoms with van der Waals surface area (Å²) in [5.74, 6) is 2.11. The van der Waals surface area contributed by atoms with E-state index < -0.39 is 17.6 Å². The van der Waals surface area contributed by atoms with Crippen molar-refractivity contribution in [1.29, 1.82) is 0 Å². The molecule has 1 N–H and O–H groups in total. The predicted molar refractivity (Wildman–Crippen MR) is 103 cm³/mol. The normalized spacial score (nSPS) is 11.3. The molecule has 2 aromatic carbocycles. The molecular formula is C18H11Br2F3N2O2. The number of nitrogens with zero attached hydrogens (tertiary/aromatic N) is 1. The molecule has 0 heterocycles. The van der Waals surface area contributed by atoms with Crippen molar-refractivity contribution >= 4 is 44.0 Å². The lowest BCUT2D eigenvalue weighted by Gasteiger charge is -2.09. The minimum absolute atomic E-state index is 0.0949. The summed E-state index contributed by atoms with van der Waals surface area (Å²) in [5, 5.41) is 3.76. The Hall–Kier alpha value is -2.31. The van der Waals surface area contributed by atoms with Gasteiger partial charge in [-0.15, -0.1) is 6.42 Å². The molecule has 0 aliphatic carbocycles. The summed E-state index contributed by atoms with van der Waals surface area (Å²) in [6.45, 7) is 0.0949. The van der Waals surface area contributed by atoms with E-state index in [0.717, 1.165) is 18.2 Å². The van der Waals surface area contributed by atoms with Gasteiger partial charge in [0.2, 0.25) is 0 Å². The Kier molecular flexibility index (Phi) is 7.05. The summed E-state index contributed by atoms with van der Waals surface area (Å²) < 4.78 is 44.7. The molecule has 0 radical (unpaired) electrons. The lowest BCUT2D eigenvalue weighted by Crippen LogP contribution is -2.18. The number of nitrogens with one attached hydrogen (secondary N) is 1. The van der Waals surface area contributed by atoms with Crippen LogP contribution in [0.1, 0.15) is 21.5 Å². The number of amides is 1. The van der Waals surface area contributed by atoms with E-state index in [4.69, 9.17) is 11.2 Å². The molecule has 0 aliphatic heterocycles. The van der Waals surface area contributed by atoms with Gasteiger partial charge in [0.05, 0.1) is 20.7 Å². The monoisotopic (exact) mass is 502 g/mol. The first-order chi connectivity index (χ1) is 12.7. The third-order valence-electron chi connectivity index (χ3n) is 3.15. The van der Waals surface area contributed by atoms with E-state index in [1.165, 1.54) is 12.3 Å².